The second-order valence-electron chi connectivity index (χ2n) is 5.78. The van der Waals surface area contributed by atoms with E-state index in [2.05, 4.69) is 15.9 Å². The summed E-state index contributed by atoms with van der Waals surface area (Å²) in [5.74, 6) is -2.87. The molecule has 9 nitrogen and oxygen atoms in total. The van der Waals surface area contributed by atoms with Crippen LogP contribution in [0, 0.1) is 10.1 Å². The van der Waals surface area contributed by atoms with Crippen molar-refractivity contribution in [2.75, 3.05) is 13.2 Å². The first-order valence-corrected chi connectivity index (χ1v) is 8.66. The summed E-state index contributed by atoms with van der Waals surface area (Å²) in [5.41, 5.74) is 0.0791. The summed E-state index contributed by atoms with van der Waals surface area (Å²) in [5, 5.41) is 10.7. The molecular weight excluding hydrogens is 436 g/mol. The lowest BCUT2D eigenvalue weighted by Crippen LogP contribution is -2.36. The zero-order valence-corrected chi connectivity index (χ0v) is 15.7. The molecule has 1 heterocycles. The Morgan fingerprint density at radius 3 is 2.50 bits per heavy atom. The standard InChI is InChI=1S/C18H11BrN2O7/c19-11-4-5-13-14(7-11)18(25)20(17(13)24)8-16(23)28-9-15(22)10-2-1-3-12(6-10)21(26)27/h1-7H,8-9H2. The average molecular weight is 447 g/mol. The number of non-ortho nitro benzene ring substituents is 1. The van der Waals surface area contributed by atoms with Crippen molar-refractivity contribution in [2.24, 2.45) is 0 Å². The van der Waals surface area contributed by atoms with Crippen molar-refractivity contribution >= 4 is 45.2 Å². The Balaban J connectivity index is 1.61. The van der Waals surface area contributed by atoms with Gasteiger partial charge in [-0.05, 0) is 18.2 Å². The van der Waals surface area contributed by atoms with Crippen LogP contribution in [0.1, 0.15) is 31.1 Å². The minimum absolute atomic E-state index is 0.00702. The number of rotatable bonds is 6. The second-order valence-corrected chi connectivity index (χ2v) is 6.69. The molecule has 0 atom stereocenters. The van der Waals surface area contributed by atoms with Crippen LogP contribution in [0.3, 0.4) is 0 Å². The van der Waals surface area contributed by atoms with Crippen molar-refractivity contribution < 1.29 is 28.8 Å². The lowest BCUT2D eigenvalue weighted by Gasteiger charge is -2.12. The number of ketones is 1. The molecule has 0 unspecified atom stereocenters. The highest BCUT2D eigenvalue weighted by Gasteiger charge is 2.37. The maximum atomic E-state index is 12.3. The third-order valence-corrected chi connectivity index (χ3v) is 4.46. The van der Waals surface area contributed by atoms with Gasteiger partial charge in [0.2, 0.25) is 5.78 Å². The fraction of sp³-hybridized carbons (Fsp3) is 0.111. The second kappa shape index (κ2) is 7.69. The number of nitrogens with zero attached hydrogens (tertiary/aromatic N) is 2. The van der Waals surface area contributed by atoms with E-state index >= 15 is 0 Å². The molecule has 0 saturated carbocycles. The van der Waals surface area contributed by atoms with Crippen LogP contribution in [-0.2, 0) is 9.53 Å². The molecule has 142 valence electrons. The molecule has 2 amide bonds. The van der Waals surface area contributed by atoms with Crippen LogP contribution >= 0.6 is 15.9 Å². The summed E-state index contributed by atoms with van der Waals surface area (Å²) in [6.45, 7) is -1.32. The number of esters is 1. The Kier molecular flexibility index (Phi) is 5.32. The van der Waals surface area contributed by atoms with E-state index in [9.17, 15) is 29.3 Å². The minimum atomic E-state index is -0.952. The molecule has 2 aromatic rings. The Labute approximate surface area is 166 Å². The van der Waals surface area contributed by atoms with Crippen LogP contribution in [0.5, 0.6) is 0 Å². The summed E-state index contributed by atoms with van der Waals surface area (Å²) in [6, 6.07) is 9.53. The first-order valence-electron chi connectivity index (χ1n) is 7.87. The van der Waals surface area contributed by atoms with Gasteiger partial charge in [0.1, 0.15) is 6.54 Å². The Hall–Kier alpha value is -3.40. The molecule has 0 aliphatic carbocycles. The Morgan fingerprint density at radius 1 is 1.07 bits per heavy atom. The minimum Gasteiger partial charge on any atom is -0.456 e. The van der Waals surface area contributed by atoms with Gasteiger partial charge >= 0.3 is 5.97 Å². The highest BCUT2D eigenvalue weighted by Crippen LogP contribution is 2.25. The summed E-state index contributed by atoms with van der Waals surface area (Å²) >= 11 is 3.21. The smallest absolute Gasteiger partial charge is 0.326 e. The van der Waals surface area contributed by atoms with E-state index in [1.165, 1.54) is 30.3 Å². The van der Waals surface area contributed by atoms with Crippen molar-refractivity contribution in [3.63, 3.8) is 0 Å². The fourth-order valence-corrected chi connectivity index (χ4v) is 2.96. The molecule has 1 aliphatic heterocycles. The SMILES string of the molecule is O=C(CN1C(=O)c2ccc(Br)cc2C1=O)OCC(=O)c1cccc([N+](=O)[O-])c1. The van der Waals surface area contributed by atoms with Crippen LogP contribution in [0.2, 0.25) is 0 Å². The number of hydrogen-bond donors (Lipinski definition) is 0. The molecule has 0 aromatic heterocycles. The molecular formula is C18H11BrN2O7. The highest BCUT2D eigenvalue weighted by molar-refractivity contribution is 9.10. The predicted molar refractivity (Wildman–Crippen MR) is 97.9 cm³/mol. The maximum absolute atomic E-state index is 12.3. The van der Waals surface area contributed by atoms with Gasteiger partial charge in [0.15, 0.2) is 6.61 Å². The van der Waals surface area contributed by atoms with E-state index < -0.39 is 41.6 Å². The summed E-state index contributed by atoms with van der Waals surface area (Å²) in [6.07, 6.45) is 0. The van der Waals surface area contributed by atoms with Crippen LogP contribution < -0.4 is 0 Å². The number of amides is 2. The quantitative estimate of drug-likeness (QED) is 0.219. The monoisotopic (exact) mass is 446 g/mol. The maximum Gasteiger partial charge on any atom is 0.326 e. The van der Waals surface area contributed by atoms with Gasteiger partial charge in [-0.25, -0.2) is 0 Å². The van der Waals surface area contributed by atoms with E-state index in [0.717, 1.165) is 11.0 Å². The van der Waals surface area contributed by atoms with Gasteiger partial charge < -0.3 is 4.74 Å². The van der Waals surface area contributed by atoms with Gasteiger partial charge in [-0.3, -0.25) is 34.2 Å². The molecule has 1 aliphatic rings. The lowest BCUT2D eigenvalue weighted by atomic mass is 10.1. The van der Waals surface area contributed by atoms with Crippen LogP contribution in [0.25, 0.3) is 0 Å². The number of carbonyl (C=O) groups is 4. The Morgan fingerprint density at radius 2 is 1.79 bits per heavy atom. The third-order valence-electron chi connectivity index (χ3n) is 3.96. The van der Waals surface area contributed by atoms with Crippen molar-refractivity contribution in [3.8, 4) is 0 Å². The first-order chi connectivity index (χ1) is 13.3. The van der Waals surface area contributed by atoms with Crippen molar-refractivity contribution in [1.82, 2.24) is 4.90 Å². The van der Waals surface area contributed by atoms with Crippen LogP contribution in [0.4, 0.5) is 5.69 Å². The predicted octanol–water partition coefficient (Wildman–Crippen LogP) is 2.38. The van der Waals surface area contributed by atoms with Gasteiger partial charge in [0.25, 0.3) is 17.5 Å². The number of nitro groups is 1. The number of carbonyl (C=O) groups excluding carboxylic acids is 4. The van der Waals surface area contributed by atoms with Gasteiger partial charge in [0.05, 0.1) is 16.1 Å². The molecule has 0 N–H and O–H groups in total. The van der Waals surface area contributed by atoms with Crippen LogP contribution in [0.15, 0.2) is 46.9 Å². The number of nitro benzene ring substituents is 1. The number of imide groups is 1. The first kappa shape index (κ1) is 19.4. The normalized spacial score (nSPS) is 12.7. The number of halogens is 1. The topological polar surface area (TPSA) is 124 Å². The summed E-state index contributed by atoms with van der Waals surface area (Å²) in [7, 11) is 0. The molecule has 0 fully saturated rings. The van der Waals surface area contributed by atoms with Gasteiger partial charge in [0, 0.05) is 22.2 Å². The fourth-order valence-electron chi connectivity index (χ4n) is 2.60. The number of benzene rings is 2. The zero-order chi connectivity index (χ0) is 20.4. The molecule has 2 aromatic carbocycles. The van der Waals surface area contributed by atoms with E-state index in [4.69, 9.17) is 4.74 Å². The van der Waals surface area contributed by atoms with Crippen molar-refractivity contribution in [3.05, 3.63) is 73.7 Å². The summed E-state index contributed by atoms with van der Waals surface area (Å²) in [4.78, 5) is 59.4. The lowest BCUT2D eigenvalue weighted by molar-refractivity contribution is -0.384. The third kappa shape index (κ3) is 3.81. The number of Topliss-reactive ketones (excluding diaryl/α,β-unsaturated/α-hetero) is 1. The van der Waals surface area contributed by atoms with E-state index in [0.29, 0.717) is 4.47 Å². The zero-order valence-electron chi connectivity index (χ0n) is 14.1. The molecule has 0 radical (unpaired) electrons. The molecule has 3 rings (SSSR count). The molecule has 28 heavy (non-hydrogen) atoms. The average Bonchev–Trinajstić information content (AvgIpc) is 2.90. The van der Waals surface area contributed by atoms with Crippen LogP contribution in [-0.4, -0.2) is 46.5 Å². The van der Waals surface area contributed by atoms with Gasteiger partial charge in [-0.2, -0.15) is 0 Å². The van der Waals surface area contributed by atoms with Crippen molar-refractivity contribution in [2.45, 2.75) is 0 Å². The largest absolute Gasteiger partial charge is 0.456 e. The Bertz CT molecular complexity index is 1030. The van der Waals surface area contributed by atoms with Gasteiger partial charge in [-0.15, -0.1) is 0 Å². The van der Waals surface area contributed by atoms with E-state index in [1.54, 1.807) is 6.07 Å². The highest BCUT2D eigenvalue weighted by atomic mass is 79.9. The molecule has 0 bridgehead atoms. The molecule has 10 heteroatoms. The number of fused-ring (bicyclic) bond motifs is 1. The summed E-state index contributed by atoms with van der Waals surface area (Å²) < 4.78 is 5.44. The van der Waals surface area contributed by atoms with Crippen molar-refractivity contribution in [1.29, 1.82) is 0 Å². The number of hydrogen-bond acceptors (Lipinski definition) is 7. The van der Waals surface area contributed by atoms with Gasteiger partial charge in [-0.1, -0.05) is 28.1 Å². The number of ether oxygens (including phenoxy) is 1. The van der Waals surface area contributed by atoms with E-state index in [1.807, 2.05) is 0 Å². The van der Waals surface area contributed by atoms with E-state index in [-0.39, 0.29) is 22.4 Å². The molecule has 0 spiro atoms. The molecule has 0 saturated heterocycles.